The third kappa shape index (κ3) is 3.87. The molecule has 0 spiro atoms. The van der Waals surface area contributed by atoms with Crippen molar-refractivity contribution >= 4 is 33.3 Å². The van der Waals surface area contributed by atoms with E-state index in [-0.39, 0.29) is 5.41 Å². The molecule has 1 heterocycles. The summed E-state index contributed by atoms with van der Waals surface area (Å²) in [7, 11) is 0. The van der Waals surface area contributed by atoms with Gasteiger partial charge < -0.3 is 9.73 Å². The van der Waals surface area contributed by atoms with E-state index in [1.165, 1.54) is 33.4 Å². The molecular formula is C41H33NO. The maximum absolute atomic E-state index is 6.30. The molecule has 0 amide bonds. The molecule has 0 bridgehead atoms. The molecule has 208 valence electrons. The van der Waals surface area contributed by atoms with Gasteiger partial charge in [-0.05, 0) is 76.6 Å². The van der Waals surface area contributed by atoms with Gasteiger partial charge >= 0.3 is 0 Å². The van der Waals surface area contributed by atoms with Crippen LogP contribution in [0.25, 0.3) is 44.2 Å². The van der Waals surface area contributed by atoms with Crippen molar-refractivity contribution in [1.29, 1.82) is 0 Å². The summed E-state index contributed by atoms with van der Waals surface area (Å²) in [4.78, 5) is 0. The van der Waals surface area contributed by atoms with E-state index in [0.29, 0.717) is 5.92 Å². The van der Waals surface area contributed by atoms with Crippen molar-refractivity contribution in [3.8, 4) is 22.3 Å². The Bertz CT molecular complexity index is 2130. The molecule has 2 heteroatoms. The minimum Gasteiger partial charge on any atom is -0.455 e. The summed E-state index contributed by atoms with van der Waals surface area (Å²) < 4.78 is 6.30. The molecule has 7 aromatic rings. The van der Waals surface area contributed by atoms with Crippen LogP contribution >= 0.6 is 0 Å². The molecule has 8 rings (SSSR count). The van der Waals surface area contributed by atoms with Crippen molar-refractivity contribution < 1.29 is 4.42 Å². The molecule has 1 aromatic heterocycles. The Morgan fingerprint density at radius 3 is 2.07 bits per heavy atom. The fourth-order valence-electron chi connectivity index (χ4n) is 7.35. The molecule has 0 fully saturated rings. The van der Waals surface area contributed by atoms with E-state index < -0.39 is 0 Å². The van der Waals surface area contributed by atoms with Gasteiger partial charge in [0, 0.05) is 33.1 Å². The summed E-state index contributed by atoms with van der Waals surface area (Å²) in [6, 6.07) is 48.3. The van der Waals surface area contributed by atoms with Crippen LogP contribution in [0.1, 0.15) is 36.1 Å². The quantitative estimate of drug-likeness (QED) is 0.228. The first-order chi connectivity index (χ1) is 21.0. The number of anilines is 2. The maximum atomic E-state index is 6.30. The molecule has 6 aromatic carbocycles. The van der Waals surface area contributed by atoms with E-state index in [9.17, 15) is 0 Å². The van der Waals surface area contributed by atoms with Crippen LogP contribution < -0.4 is 5.32 Å². The van der Waals surface area contributed by atoms with E-state index >= 15 is 0 Å². The smallest absolute Gasteiger partial charge is 0.143 e. The zero-order valence-corrected chi connectivity index (χ0v) is 24.7. The maximum Gasteiger partial charge on any atom is 0.143 e. The van der Waals surface area contributed by atoms with Crippen LogP contribution in [0.4, 0.5) is 11.4 Å². The summed E-state index contributed by atoms with van der Waals surface area (Å²) in [6.45, 7) is 6.87. The molecule has 0 saturated carbocycles. The van der Waals surface area contributed by atoms with Crippen LogP contribution in [0, 0.1) is 12.8 Å². The van der Waals surface area contributed by atoms with Crippen molar-refractivity contribution in [2.75, 3.05) is 5.32 Å². The van der Waals surface area contributed by atoms with Gasteiger partial charge in [0.05, 0.1) is 0 Å². The van der Waals surface area contributed by atoms with E-state index in [0.717, 1.165) is 44.4 Å². The fraction of sp³-hybridized carbons (Fsp3) is 0.122. The second-order valence-electron chi connectivity index (χ2n) is 12.1. The van der Waals surface area contributed by atoms with Crippen LogP contribution in [0.5, 0.6) is 0 Å². The van der Waals surface area contributed by atoms with Crippen molar-refractivity contribution in [2.24, 2.45) is 5.92 Å². The number of benzene rings is 6. The molecule has 0 saturated heterocycles. The third-order valence-corrected chi connectivity index (χ3v) is 9.35. The number of hydrogen-bond donors (Lipinski definition) is 1. The highest BCUT2D eigenvalue weighted by atomic mass is 16.3. The van der Waals surface area contributed by atoms with E-state index in [1.54, 1.807) is 0 Å². The monoisotopic (exact) mass is 555 g/mol. The number of rotatable bonds is 5. The summed E-state index contributed by atoms with van der Waals surface area (Å²) in [5.74, 6) is 0.369. The molecule has 1 unspecified atom stereocenters. The number of aryl methyl sites for hydroxylation is 1. The van der Waals surface area contributed by atoms with E-state index in [2.05, 4.69) is 147 Å². The molecule has 1 aliphatic rings. The second-order valence-corrected chi connectivity index (χ2v) is 12.1. The summed E-state index contributed by atoms with van der Waals surface area (Å²) in [6.07, 6.45) is 0. The average Bonchev–Trinajstić information content (AvgIpc) is 3.56. The fourth-order valence-corrected chi connectivity index (χ4v) is 7.35. The van der Waals surface area contributed by atoms with Gasteiger partial charge in [-0.15, -0.1) is 0 Å². The minimum atomic E-state index is -0.216. The van der Waals surface area contributed by atoms with Gasteiger partial charge in [-0.3, -0.25) is 0 Å². The van der Waals surface area contributed by atoms with Crippen molar-refractivity contribution in [3.63, 3.8) is 0 Å². The standard InChI is InChI=1S/C41H33NO/c1-26(2)41(29-19-15-27(3)16-20-29)37-13-6-4-9-33(37)34-24-23-31(25-38(34)41)42-30-21-17-28(18-22-30)32-11-8-12-36-35-10-5-7-14-39(35)43-40(32)36/h4-26,42H,1-3H3. The number of nitrogens with one attached hydrogen (secondary N) is 1. The SMILES string of the molecule is Cc1ccc(C2(C(C)C)c3ccccc3-c3ccc(Nc4ccc(-c5cccc6c5oc5ccccc56)cc4)cc32)cc1. The van der Waals surface area contributed by atoms with Gasteiger partial charge in [-0.2, -0.15) is 0 Å². The molecule has 1 N–H and O–H groups in total. The van der Waals surface area contributed by atoms with Gasteiger partial charge in [0.1, 0.15) is 11.2 Å². The first-order valence-corrected chi connectivity index (χ1v) is 15.1. The summed E-state index contributed by atoms with van der Waals surface area (Å²) in [5, 5.41) is 6.01. The molecular weight excluding hydrogens is 522 g/mol. The molecule has 2 nitrogen and oxygen atoms in total. The largest absolute Gasteiger partial charge is 0.455 e. The van der Waals surface area contributed by atoms with Crippen LogP contribution in [0.2, 0.25) is 0 Å². The highest BCUT2D eigenvalue weighted by Gasteiger charge is 2.46. The second kappa shape index (κ2) is 9.74. The van der Waals surface area contributed by atoms with Crippen molar-refractivity contribution in [3.05, 3.63) is 156 Å². The Balaban J connectivity index is 1.18. The van der Waals surface area contributed by atoms with Gasteiger partial charge in [-0.25, -0.2) is 0 Å². The van der Waals surface area contributed by atoms with Crippen LogP contribution in [0.15, 0.2) is 138 Å². The number of para-hydroxylation sites is 2. The minimum absolute atomic E-state index is 0.216. The Morgan fingerprint density at radius 1 is 0.581 bits per heavy atom. The number of furan rings is 1. The van der Waals surface area contributed by atoms with Crippen LogP contribution in [-0.2, 0) is 5.41 Å². The lowest BCUT2D eigenvalue weighted by Crippen LogP contribution is -2.33. The predicted molar refractivity (Wildman–Crippen MR) is 180 cm³/mol. The normalized spacial score (nSPS) is 15.6. The van der Waals surface area contributed by atoms with Crippen molar-refractivity contribution in [2.45, 2.75) is 26.2 Å². The van der Waals surface area contributed by atoms with Crippen molar-refractivity contribution in [1.82, 2.24) is 0 Å². The molecule has 43 heavy (non-hydrogen) atoms. The topological polar surface area (TPSA) is 25.2 Å². The Labute approximate surface area is 252 Å². The molecule has 1 atom stereocenters. The summed E-state index contributed by atoms with van der Waals surface area (Å²) in [5.41, 5.74) is 14.1. The first kappa shape index (κ1) is 25.6. The third-order valence-electron chi connectivity index (χ3n) is 9.35. The molecule has 0 aliphatic heterocycles. The van der Waals surface area contributed by atoms with E-state index in [4.69, 9.17) is 4.42 Å². The molecule has 0 radical (unpaired) electrons. The van der Waals surface area contributed by atoms with E-state index in [1.807, 2.05) is 12.1 Å². The lowest BCUT2D eigenvalue weighted by Gasteiger charge is -2.37. The van der Waals surface area contributed by atoms with Gasteiger partial charge in [0.25, 0.3) is 0 Å². The zero-order chi connectivity index (χ0) is 29.1. The van der Waals surface area contributed by atoms with Gasteiger partial charge in [-0.1, -0.05) is 123 Å². The Kier molecular flexibility index (Phi) is 5.80. The van der Waals surface area contributed by atoms with Crippen LogP contribution in [0.3, 0.4) is 0 Å². The lowest BCUT2D eigenvalue weighted by molar-refractivity contribution is 0.447. The highest BCUT2D eigenvalue weighted by Crippen LogP contribution is 2.56. The van der Waals surface area contributed by atoms with Gasteiger partial charge in [0.2, 0.25) is 0 Å². The lowest BCUT2D eigenvalue weighted by atomic mass is 9.65. The number of fused-ring (bicyclic) bond motifs is 6. The van der Waals surface area contributed by atoms with Gasteiger partial charge in [0.15, 0.2) is 0 Å². The Morgan fingerprint density at radius 2 is 1.26 bits per heavy atom. The summed E-state index contributed by atoms with van der Waals surface area (Å²) >= 11 is 0. The average molecular weight is 556 g/mol. The number of hydrogen-bond acceptors (Lipinski definition) is 2. The predicted octanol–water partition coefficient (Wildman–Crippen LogP) is 11.3. The van der Waals surface area contributed by atoms with Crippen LogP contribution in [-0.4, -0.2) is 0 Å². The highest BCUT2D eigenvalue weighted by molar-refractivity contribution is 6.09. The first-order valence-electron chi connectivity index (χ1n) is 15.1. The zero-order valence-electron chi connectivity index (χ0n) is 24.7. The molecule has 1 aliphatic carbocycles. The Hall–Kier alpha value is -5.08.